The molecule has 0 aliphatic heterocycles. The molecule has 0 bridgehead atoms. The molecule has 0 saturated carbocycles. The third kappa shape index (κ3) is 4.09. The first kappa shape index (κ1) is 13.6. The summed E-state index contributed by atoms with van der Waals surface area (Å²) in [7, 11) is 0. The summed E-state index contributed by atoms with van der Waals surface area (Å²) in [5, 5.41) is 3.59. The smallest absolute Gasteiger partial charge is 0.0531 e. The van der Waals surface area contributed by atoms with Crippen molar-refractivity contribution in [2.24, 2.45) is 0 Å². The first-order valence-corrected chi connectivity index (χ1v) is 7.03. The van der Waals surface area contributed by atoms with Gasteiger partial charge in [-0.05, 0) is 31.0 Å². The number of rotatable bonds is 6. The number of nitrogens with zero attached hydrogens (tertiary/aromatic N) is 1. The molecule has 0 amide bonds. The van der Waals surface area contributed by atoms with Crippen molar-refractivity contribution in [2.75, 3.05) is 5.32 Å². The van der Waals surface area contributed by atoms with Crippen molar-refractivity contribution in [1.82, 2.24) is 4.98 Å². The molecular formula is C17H22N2. The van der Waals surface area contributed by atoms with Gasteiger partial charge in [-0.1, -0.05) is 50.1 Å². The van der Waals surface area contributed by atoms with Crippen LogP contribution in [0.1, 0.15) is 43.5 Å². The Morgan fingerprint density at radius 1 is 1.11 bits per heavy atom. The average Bonchev–Trinajstić information content (AvgIpc) is 2.46. The normalized spacial score (nSPS) is 12.1. The van der Waals surface area contributed by atoms with Crippen LogP contribution in [0.25, 0.3) is 0 Å². The summed E-state index contributed by atoms with van der Waals surface area (Å²) in [4.78, 5) is 4.34. The van der Waals surface area contributed by atoms with Crippen LogP contribution in [0.3, 0.4) is 0 Å². The topological polar surface area (TPSA) is 24.9 Å². The third-order valence-electron chi connectivity index (χ3n) is 3.30. The van der Waals surface area contributed by atoms with Gasteiger partial charge in [0.25, 0.3) is 0 Å². The Morgan fingerprint density at radius 2 is 1.89 bits per heavy atom. The van der Waals surface area contributed by atoms with E-state index >= 15 is 0 Å². The van der Waals surface area contributed by atoms with E-state index in [0.717, 1.165) is 17.8 Å². The summed E-state index contributed by atoms with van der Waals surface area (Å²) in [6.45, 7) is 4.24. The van der Waals surface area contributed by atoms with Crippen LogP contribution in [0.2, 0.25) is 0 Å². The molecule has 19 heavy (non-hydrogen) atoms. The Balaban J connectivity index is 2.11. The molecule has 1 unspecified atom stereocenters. The van der Waals surface area contributed by atoms with Crippen LogP contribution in [-0.2, 0) is 0 Å². The van der Waals surface area contributed by atoms with Gasteiger partial charge in [0.2, 0.25) is 0 Å². The second kappa shape index (κ2) is 6.93. The van der Waals surface area contributed by atoms with Gasteiger partial charge in [0.15, 0.2) is 0 Å². The maximum Gasteiger partial charge on any atom is 0.0531 e. The summed E-state index contributed by atoms with van der Waals surface area (Å²) in [6, 6.07) is 15.2. The van der Waals surface area contributed by atoms with Crippen molar-refractivity contribution in [1.29, 1.82) is 0 Å². The molecule has 1 N–H and O–H groups in total. The van der Waals surface area contributed by atoms with Gasteiger partial charge in [0.1, 0.15) is 0 Å². The maximum absolute atomic E-state index is 4.34. The van der Waals surface area contributed by atoms with Gasteiger partial charge >= 0.3 is 0 Å². The van der Waals surface area contributed by atoms with E-state index in [1.54, 1.807) is 0 Å². The average molecular weight is 254 g/mol. The van der Waals surface area contributed by atoms with Crippen molar-refractivity contribution in [3.05, 3.63) is 59.9 Å². The van der Waals surface area contributed by atoms with Crippen LogP contribution in [0.5, 0.6) is 0 Å². The SMILES string of the molecule is CCCCC(Nc1ccc(C)nc1)c1ccccc1. The van der Waals surface area contributed by atoms with E-state index in [9.17, 15) is 0 Å². The zero-order valence-corrected chi connectivity index (χ0v) is 11.8. The molecule has 100 valence electrons. The van der Waals surface area contributed by atoms with Crippen LogP contribution >= 0.6 is 0 Å². The number of aromatic nitrogens is 1. The summed E-state index contributed by atoms with van der Waals surface area (Å²) >= 11 is 0. The number of nitrogens with one attached hydrogen (secondary N) is 1. The number of aryl methyl sites for hydroxylation is 1. The van der Waals surface area contributed by atoms with Gasteiger partial charge in [-0.25, -0.2) is 0 Å². The number of anilines is 1. The molecule has 2 nitrogen and oxygen atoms in total. The number of benzene rings is 1. The second-order valence-corrected chi connectivity index (χ2v) is 4.94. The molecule has 0 aliphatic rings. The van der Waals surface area contributed by atoms with Crippen LogP contribution < -0.4 is 5.32 Å². The van der Waals surface area contributed by atoms with E-state index in [4.69, 9.17) is 0 Å². The van der Waals surface area contributed by atoms with E-state index in [1.165, 1.54) is 18.4 Å². The minimum atomic E-state index is 0.366. The molecular weight excluding hydrogens is 232 g/mol. The van der Waals surface area contributed by atoms with Gasteiger partial charge in [-0.3, -0.25) is 4.98 Å². The summed E-state index contributed by atoms with van der Waals surface area (Å²) in [6.07, 6.45) is 5.51. The van der Waals surface area contributed by atoms with Crippen molar-refractivity contribution >= 4 is 5.69 Å². The van der Waals surface area contributed by atoms with Gasteiger partial charge in [-0.15, -0.1) is 0 Å². The van der Waals surface area contributed by atoms with E-state index in [0.29, 0.717) is 6.04 Å². The first-order chi connectivity index (χ1) is 9.29. The summed E-state index contributed by atoms with van der Waals surface area (Å²) in [5.74, 6) is 0. The Labute approximate surface area is 115 Å². The highest BCUT2D eigenvalue weighted by molar-refractivity contribution is 5.43. The third-order valence-corrected chi connectivity index (χ3v) is 3.30. The lowest BCUT2D eigenvalue weighted by atomic mass is 10.0. The monoisotopic (exact) mass is 254 g/mol. The fourth-order valence-electron chi connectivity index (χ4n) is 2.17. The fourth-order valence-corrected chi connectivity index (χ4v) is 2.17. The zero-order valence-electron chi connectivity index (χ0n) is 11.8. The molecule has 0 saturated heterocycles. The van der Waals surface area contributed by atoms with Gasteiger partial charge in [0.05, 0.1) is 17.9 Å². The summed E-state index contributed by atoms with van der Waals surface area (Å²) in [5.41, 5.74) is 3.49. The van der Waals surface area contributed by atoms with E-state index in [2.05, 4.69) is 53.6 Å². The van der Waals surface area contributed by atoms with Crippen LogP contribution in [0.4, 0.5) is 5.69 Å². The highest BCUT2D eigenvalue weighted by atomic mass is 14.9. The molecule has 2 rings (SSSR count). The maximum atomic E-state index is 4.34. The molecule has 1 aromatic heterocycles. The largest absolute Gasteiger partial charge is 0.377 e. The van der Waals surface area contributed by atoms with E-state index < -0.39 is 0 Å². The van der Waals surface area contributed by atoms with Gasteiger partial charge in [-0.2, -0.15) is 0 Å². The Hall–Kier alpha value is -1.83. The number of pyridine rings is 1. The Kier molecular flexibility index (Phi) is 4.96. The molecule has 0 aliphatic carbocycles. The number of unbranched alkanes of at least 4 members (excludes halogenated alkanes) is 1. The van der Waals surface area contributed by atoms with Gasteiger partial charge in [0, 0.05) is 5.69 Å². The minimum Gasteiger partial charge on any atom is -0.377 e. The second-order valence-electron chi connectivity index (χ2n) is 4.94. The van der Waals surface area contributed by atoms with Gasteiger partial charge < -0.3 is 5.32 Å². The van der Waals surface area contributed by atoms with Crippen molar-refractivity contribution < 1.29 is 0 Å². The lowest BCUT2D eigenvalue weighted by molar-refractivity contribution is 0.634. The molecule has 0 spiro atoms. The summed E-state index contributed by atoms with van der Waals surface area (Å²) < 4.78 is 0. The number of hydrogen-bond acceptors (Lipinski definition) is 2. The standard InChI is InChI=1S/C17H22N2/c1-3-4-10-17(15-8-6-5-7-9-15)19-16-12-11-14(2)18-13-16/h5-9,11-13,17,19H,3-4,10H2,1-2H3. The van der Waals surface area contributed by atoms with E-state index in [-0.39, 0.29) is 0 Å². The highest BCUT2D eigenvalue weighted by Gasteiger charge is 2.10. The predicted molar refractivity (Wildman–Crippen MR) is 81.3 cm³/mol. The molecule has 0 radical (unpaired) electrons. The lowest BCUT2D eigenvalue weighted by Gasteiger charge is -2.20. The molecule has 0 fully saturated rings. The molecule has 1 aromatic carbocycles. The van der Waals surface area contributed by atoms with Crippen molar-refractivity contribution in [3.63, 3.8) is 0 Å². The fraction of sp³-hybridized carbons (Fsp3) is 0.353. The van der Waals surface area contributed by atoms with Crippen molar-refractivity contribution in [3.8, 4) is 0 Å². The van der Waals surface area contributed by atoms with Crippen LogP contribution in [0, 0.1) is 6.92 Å². The molecule has 1 atom stereocenters. The predicted octanol–water partition coefficient (Wildman–Crippen LogP) is 4.73. The zero-order chi connectivity index (χ0) is 13.5. The number of hydrogen-bond donors (Lipinski definition) is 1. The molecule has 1 heterocycles. The van der Waals surface area contributed by atoms with Crippen molar-refractivity contribution in [2.45, 2.75) is 39.2 Å². The minimum absolute atomic E-state index is 0.366. The Morgan fingerprint density at radius 3 is 2.53 bits per heavy atom. The first-order valence-electron chi connectivity index (χ1n) is 7.03. The lowest BCUT2D eigenvalue weighted by Crippen LogP contribution is -2.11. The van der Waals surface area contributed by atoms with E-state index in [1.807, 2.05) is 19.2 Å². The van der Waals surface area contributed by atoms with Crippen LogP contribution in [0.15, 0.2) is 48.7 Å². The molecule has 2 heteroatoms. The van der Waals surface area contributed by atoms with Crippen LogP contribution in [-0.4, -0.2) is 4.98 Å². The quantitative estimate of drug-likeness (QED) is 0.805. The Bertz CT molecular complexity index is 476. The molecule has 2 aromatic rings. The highest BCUT2D eigenvalue weighted by Crippen LogP contribution is 2.24.